The van der Waals surface area contributed by atoms with Gasteiger partial charge in [-0.25, -0.2) is 4.98 Å². The molecule has 88 valence electrons. The molecule has 0 saturated carbocycles. The molecule has 0 unspecified atom stereocenters. The van der Waals surface area contributed by atoms with Crippen molar-refractivity contribution in [2.75, 3.05) is 13.2 Å². The third kappa shape index (κ3) is 3.62. The molecule has 0 aliphatic heterocycles. The number of nitrogens with one attached hydrogen (secondary N) is 1. The number of aromatic nitrogens is 1. The van der Waals surface area contributed by atoms with E-state index in [9.17, 15) is 9.59 Å². The van der Waals surface area contributed by atoms with Crippen molar-refractivity contribution in [2.24, 2.45) is 0 Å². The van der Waals surface area contributed by atoms with Gasteiger partial charge >= 0.3 is 5.97 Å². The second kappa shape index (κ2) is 6.22. The number of aryl methyl sites for hydroxylation is 1. The zero-order valence-electron chi connectivity index (χ0n) is 9.28. The van der Waals surface area contributed by atoms with Crippen molar-refractivity contribution >= 4 is 23.2 Å². The summed E-state index contributed by atoms with van der Waals surface area (Å²) in [5.41, 5.74) is 2.33. The highest BCUT2D eigenvalue weighted by Gasteiger charge is 2.11. The molecule has 0 fully saturated rings. The van der Waals surface area contributed by atoms with Crippen molar-refractivity contribution in [3.8, 4) is 0 Å². The van der Waals surface area contributed by atoms with E-state index in [1.54, 1.807) is 19.4 Å². The molecule has 1 aromatic heterocycles. The summed E-state index contributed by atoms with van der Waals surface area (Å²) in [6, 6.07) is 0. The highest BCUT2D eigenvalue weighted by Crippen LogP contribution is 2.11. The second-order valence-corrected chi connectivity index (χ2v) is 3.93. The fourth-order valence-electron chi connectivity index (χ4n) is 1.11. The summed E-state index contributed by atoms with van der Waals surface area (Å²) < 4.78 is 4.74. The number of carbonyl (C=O) groups is 2. The molecule has 0 radical (unpaired) electrons. The Labute approximate surface area is 97.8 Å². The average molecular weight is 242 g/mol. The van der Waals surface area contributed by atoms with Crippen LogP contribution >= 0.6 is 11.3 Å². The van der Waals surface area contributed by atoms with Crippen LogP contribution in [0.2, 0.25) is 0 Å². The molecule has 0 spiro atoms. The van der Waals surface area contributed by atoms with E-state index in [2.05, 4.69) is 10.3 Å². The topological polar surface area (TPSA) is 68.3 Å². The minimum atomic E-state index is -0.302. The van der Waals surface area contributed by atoms with Crippen LogP contribution in [0.5, 0.6) is 0 Å². The van der Waals surface area contributed by atoms with E-state index in [4.69, 9.17) is 4.74 Å². The zero-order valence-corrected chi connectivity index (χ0v) is 10.1. The number of carbonyl (C=O) groups excluding carboxylic acids is 2. The van der Waals surface area contributed by atoms with Gasteiger partial charge in [0, 0.05) is 6.54 Å². The Bertz CT molecular complexity index is 376. The monoisotopic (exact) mass is 242 g/mol. The predicted molar refractivity (Wildman–Crippen MR) is 60.4 cm³/mol. The first kappa shape index (κ1) is 12.6. The van der Waals surface area contributed by atoms with Gasteiger partial charge in [-0.1, -0.05) is 0 Å². The number of hydrogen-bond acceptors (Lipinski definition) is 5. The molecule has 0 aromatic carbocycles. The Hall–Kier alpha value is -1.43. The van der Waals surface area contributed by atoms with Crippen LogP contribution in [0.15, 0.2) is 5.51 Å². The molecule has 1 N–H and O–H groups in total. The highest BCUT2D eigenvalue weighted by molar-refractivity contribution is 7.11. The van der Waals surface area contributed by atoms with Crippen LogP contribution in [0.4, 0.5) is 0 Å². The van der Waals surface area contributed by atoms with Crippen LogP contribution in [0.3, 0.4) is 0 Å². The second-order valence-electron chi connectivity index (χ2n) is 3.08. The third-order valence-electron chi connectivity index (χ3n) is 1.87. The third-order valence-corrected chi connectivity index (χ3v) is 2.80. The Morgan fingerprint density at radius 2 is 2.31 bits per heavy atom. The lowest BCUT2D eigenvalue weighted by atomic mass is 10.3. The molecule has 6 heteroatoms. The van der Waals surface area contributed by atoms with E-state index < -0.39 is 0 Å². The van der Waals surface area contributed by atoms with Crippen molar-refractivity contribution in [1.29, 1.82) is 0 Å². The molecule has 0 aliphatic carbocycles. The van der Waals surface area contributed by atoms with Crippen molar-refractivity contribution in [2.45, 2.75) is 20.3 Å². The molecule has 5 nitrogen and oxygen atoms in total. The van der Waals surface area contributed by atoms with E-state index >= 15 is 0 Å². The molecule has 1 aromatic rings. The van der Waals surface area contributed by atoms with Crippen LogP contribution in [0, 0.1) is 6.92 Å². The molecule has 16 heavy (non-hydrogen) atoms. The maximum absolute atomic E-state index is 11.6. The van der Waals surface area contributed by atoms with Crippen molar-refractivity contribution in [1.82, 2.24) is 10.3 Å². The molecule has 0 bridgehead atoms. The Balaban J connectivity index is 2.31. The number of nitrogens with zero attached hydrogens (tertiary/aromatic N) is 1. The summed E-state index contributed by atoms with van der Waals surface area (Å²) in [7, 11) is 0. The fraction of sp³-hybridized carbons (Fsp3) is 0.500. The maximum Gasteiger partial charge on any atom is 0.307 e. The first-order valence-electron chi connectivity index (χ1n) is 4.99. The van der Waals surface area contributed by atoms with Gasteiger partial charge in [0.15, 0.2) is 0 Å². The van der Waals surface area contributed by atoms with E-state index in [-0.39, 0.29) is 24.8 Å². The maximum atomic E-state index is 11.6. The first-order valence-corrected chi connectivity index (χ1v) is 5.87. The molecule has 0 saturated heterocycles. The molecule has 0 aliphatic rings. The smallest absolute Gasteiger partial charge is 0.307 e. The number of amides is 1. The summed E-state index contributed by atoms with van der Waals surface area (Å²) >= 11 is 1.29. The number of ether oxygens (including phenoxy) is 1. The van der Waals surface area contributed by atoms with E-state index in [1.807, 2.05) is 0 Å². The molecule has 1 amide bonds. The molecular weight excluding hydrogens is 228 g/mol. The van der Waals surface area contributed by atoms with E-state index in [1.165, 1.54) is 11.3 Å². The highest BCUT2D eigenvalue weighted by atomic mass is 32.1. The van der Waals surface area contributed by atoms with Gasteiger partial charge in [-0.3, -0.25) is 9.59 Å². The molecular formula is C10H14N2O3S. The standard InChI is InChI=1S/C10H14N2O3S/c1-3-15-8(13)4-5-11-10(14)9-7(2)12-6-16-9/h6H,3-5H2,1-2H3,(H,11,14). The van der Waals surface area contributed by atoms with Crippen LogP contribution in [-0.2, 0) is 9.53 Å². The minimum absolute atomic E-state index is 0.190. The number of esters is 1. The Morgan fingerprint density at radius 3 is 2.88 bits per heavy atom. The van der Waals surface area contributed by atoms with Gasteiger partial charge in [0.1, 0.15) is 4.88 Å². The van der Waals surface area contributed by atoms with Gasteiger partial charge in [0.2, 0.25) is 0 Å². The lowest BCUT2D eigenvalue weighted by molar-refractivity contribution is -0.142. The lowest BCUT2D eigenvalue weighted by Gasteiger charge is -2.03. The Morgan fingerprint density at radius 1 is 1.56 bits per heavy atom. The first-order chi connectivity index (χ1) is 7.65. The zero-order chi connectivity index (χ0) is 12.0. The van der Waals surface area contributed by atoms with Crippen molar-refractivity contribution in [3.05, 3.63) is 16.1 Å². The fourth-order valence-corrected chi connectivity index (χ4v) is 1.83. The number of thiazole rings is 1. The minimum Gasteiger partial charge on any atom is -0.466 e. The lowest BCUT2D eigenvalue weighted by Crippen LogP contribution is -2.26. The molecule has 1 heterocycles. The van der Waals surface area contributed by atoms with Gasteiger partial charge in [0.05, 0.1) is 24.2 Å². The predicted octanol–water partition coefficient (Wildman–Crippen LogP) is 1.13. The summed E-state index contributed by atoms with van der Waals surface area (Å²) in [4.78, 5) is 27.1. The molecule has 0 atom stereocenters. The SMILES string of the molecule is CCOC(=O)CCNC(=O)c1scnc1C. The van der Waals surface area contributed by atoms with Gasteiger partial charge in [0.25, 0.3) is 5.91 Å². The van der Waals surface area contributed by atoms with Gasteiger partial charge in [-0.15, -0.1) is 11.3 Å². The molecule has 1 rings (SSSR count). The van der Waals surface area contributed by atoms with Gasteiger partial charge in [-0.05, 0) is 13.8 Å². The quantitative estimate of drug-likeness (QED) is 0.786. The normalized spacial score (nSPS) is 9.88. The summed E-state index contributed by atoms with van der Waals surface area (Å²) in [5.74, 6) is -0.492. The van der Waals surface area contributed by atoms with Crippen molar-refractivity contribution in [3.63, 3.8) is 0 Å². The largest absolute Gasteiger partial charge is 0.466 e. The van der Waals surface area contributed by atoms with Crippen molar-refractivity contribution < 1.29 is 14.3 Å². The van der Waals surface area contributed by atoms with Crippen LogP contribution < -0.4 is 5.32 Å². The van der Waals surface area contributed by atoms with E-state index in [0.29, 0.717) is 17.2 Å². The number of hydrogen-bond donors (Lipinski definition) is 1. The van der Waals surface area contributed by atoms with Gasteiger partial charge in [-0.2, -0.15) is 0 Å². The Kier molecular flexibility index (Phi) is 4.91. The van der Waals surface area contributed by atoms with Crippen LogP contribution in [-0.4, -0.2) is 30.0 Å². The summed E-state index contributed by atoms with van der Waals surface area (Å²) in [5, 5.41) is 2.65. The van der Waals surface area contributed by atoms with Crippen LogP contribution in [0.1, 0.15) is 28.7 Å². The summed E-state index contributed by atoms with van der Waals surface area (Å²) in [6.07, 6.45) is 0.192. The van der Waals surface area contributed by atoms with Crippen LogP contribution in [0.25, 0.3) is 0 Å². The number of rotatable bonds is 5. The summed E-state index contributed by atoms with van der Waals surface area (Å²) in [6.45, 7) is 4.17. The average Bonchev–Trinajstić information content (AvgIpc) is 2.64. The van der Waals surface area contributed by atoms with Gasteiger partial charge < -0.3 is 10.1 Å². The van der Waals surface area contributed by atoms with E-state index in [0.717, 1.165) is 0 Å².